The minimum atomic E-state index is -0.230. The summed E-state index contributed by atoms with van der Waals surface area (Å²) in [6.45, 7) is 14.2. The van der Waals surface area contributed by atoms with Gasteiger partial charge in [0.05, 0.1) is 68.4 Å². The van der Waals surface area contributed by atoms with E-state index in [1.807, 2.05) is 55.1 Å². The van der Waals surface area contributed by atoms with Gasteiger partial charge in [-0.25, -0.2) is 15.0 Å². The van der Waals surface area contributed by atoms with E-state index in [2.05, 4.69) is 430 Å². The van der Waals surface area contributed by atoms with Crippen LogP contribution in [0.4, 0.5) is 0 Å². The second-order valence-corrected chi connectivity index (χ2v) is 39.4. The molecule has 0 atom stereocenters. The van der Waals surface area contributed by atoms with Crippen molar-refractivity contribution in [2.75, 3.05) is 0 Å². The molecular formula is C134H91N7. The van der Waals surface area contributed by atoms with E-state index in [0.29, 0.717) is 0 Å². The third-order valence-electron chi connectivity index (χ3n) is 30.7. The third-order valence-corrected chi connectivity index (χ3v) is 30.7. The van der Waals surface area contributed by atoms with Gasteiger partial charge in [-0.2, -0.15) is 0 Å². The topological polar surface area (TPSA) is 90.2 Å². The summed E-state index contributed by atoms with van der Waals surface area (Å²) in [5.74, 6) is 0. The lowest BCUT2D eigenvalue weighted by Gasteiger charge is -2.26. The SMILES string of the molecule is CC1(C)c2ccccc2-c2nc3ccc4ccccc4c3c(-c3ccc(-c4cc5cccnc5c5ncccc45)c4ccccc34)c21.CC1(C)c2ccccc2-c2nc3ccc4ccccc4c3c(-c3ccc(-c4ccc(-c5ccccc5)c5ccccc45)c4ccccc34)c21.CC1(C)c2ccccc2-c2nc3ccc4ccccc4c3c(-c3ccc(-c4cnc(-c5ccccc5)cn4)c4ccccc34)c21. The van der Waals surface area contributed by atoms with Gasteiger partial charge in [0, 0.05) is 83.4 Å². The Balaban J connectivity index is 0.000000106. The lowest BCUT2D eigenvalue weighted by atomic mass is 9.77. The van der Waals surface area contributed by atoms with Crippen molar-refractivity contribution in [1.29, 1.82) is 0 Å². The molecule has 0 fully saturated rings. The molecule has 20 aromatic carbocycles. The van der Waals surface area contributed by atoms with Crippen LogP contribution in [0.5, 0.6) is 0 Å². The average Bonchev–Trinajstić information content (AvgIpc) is 1.55. The van der Waals surface area contributed by atoms with E-state index < -0.39 is 0 Å². The molecule has 0 saturated heterocycles. The lowest BCUT2D eigenvalue weighted by molar-refractivity contribution is 0.661. The van der Waals surface area contributed by atoms with Crippen molar-refractivity contribution in [3.05, 3.63) is 477 Å². The molecule has 0 spiro atoms. The average molecular weight is 1800 g/mol. The quantitative estimate of drug-likeness (QED) is 0.140. The second-order valence-electron chi connectivity index (χ2n) is 39.4. The van der Waals surface area contributed by atoms with Crippen molar-refractivity contribution in [3.63, 3.8) is 0 Å². The summed E-state index contributed by atoms with van der Waals surface area (Å²) in [5, 5.41) is 23.0. The van der Waals surface area contributed by atoms with Crippen LogP contribution in [0.25, 0.3) is 253 Å². The predicted molar refractivity (Wildman–Crippen MR) is 590 cm³/mol. The highest BCUT2D eigenvalue weighted by atomic mass is 14.8. The third kappa shape index (κ3) is 12.9. The fraction of sp³-hybridized carbons (Fsp3) is 0.0672. The van der Waals surface area contributed by atoms with Crippen LogP contribution in [0.2, 0.25) is 0 Å². The summed E-state index contributed by atoms with van der Waals surface area (Å²) < 4.78 is 0. The summed E-state index contributed by atoms with van der Waals surface area (Å²) in [7, 11) is 0. The van der Waals surface area contributed by atoms with Gasteiger partial charge in [0.25, 0.3) is 0 Å². The highest BCUT2D eigenvalue weighted by molar-refractivity contribution is 6.25. The molecule has 3 aliphatic rings. The molecule has 0 saturated carbocycles. The second kappa shape index (κ2) is 32.3. The highest BCUT2D eigenvalue weighted by Gasteiger charge is 2.44. The fourth-order valence-electron chi connectivity index (χ4n) is 24.3. The minimum Gasteiger partial charge on any atom is -0.254 e. The maximum atomic E-state index is 5.44. The van der Waals surface area contributed by atoms with Crippen molar-refractivity contribution in [2.45, 2.75) is 57.8 Å². The van der Waals surface area contributed by atoms with E-state index in [-0.39, 0.29) is 16.2 Å². The van der Waals surface area contributed by atoms with Crippen LogP contribution in [0.15, 0.2) is 443 Å². The van der Waals surface area contributed by atoms with Gasteiger partial charge < -0.3 is 0 Å². The first kappa shape index (κ1) is 82.8. The van der Waals surface area contributed by atoms with Crippen molar-refractivity contribution in [1.82, 2.24) is 34.9 Å². The van der Waals surface area contributed by atoms with E-state index in [4.69, 9.17) is 34.9 Å². The molecule has 26 aromatic rings. The Morgan fingerprint density at radius 2 is 0.475 bits per heavy atom. The Labute approximate surface area is 816 Å². The first-order chi connectivity index (χ1) is 69.3. The van der Waals surface area contributed by atoms with Crippen molar-refractivity contribution in [3.8, 4) is 123 Å². The number of hydrogen-bond acceptors (Lipinski definition) is 7. The van der Waals surface area contributed by atoms with Crippen LogP contribution >= 0.6 is 0 Å². The van der Waals surface area contributed by atoms with Crippen LogP contribution in [-0.4, -0.2) is 34.9 Å². The molecule has 29 rings (SSSR count). The zero-order valence-electron chi connectivity index (χ0n) is 78.8. The largest absolute Gasteiger partial charge is 0.254 e. The molecule has 662 valence electrons. The Bertz CT molecular complexity index is 9780. The van der Waals surface area contributed by atoms with Gasteiger partial charge in [-0.1, -0.05) is 424 Å². The molecule has 0 N–H and O–H groups in total. The van der Waals surface area contributed by atoms with Gasteiger partial charge in [-0.3, -0.25) is 19.9 Å². The number of rotatable bonds is 8. The number of aromatic nitrogens is 7. The Hall–Kier alpha value is -17.7. The molecule has 0 bridgehead atoms. The molecule has 7 nitrogen and oxygen atoms in total. The van der Waals surface area contributed by atoms with E-state index >= 15 is 0 Å². The highest BCUT2D eigenvalue weighted by Crippen LogP contribution is 2.60. The molecule has 7 heteroatoms. The molecule has 0 unspecified atom stereocenters. The maximum Gasteiger partial charge on any atom is 0.0970 e. The van der Waals surface area contributed by atoms with Crippen molar-refractivity contribution >= 4 is 130 Å². The number of benzene rings is 20. The molecule has 0 radical (unpaired) electrons. The Morgan fingerprint density at radius 3 is 0.887 bits per heavy atom. The van der Waals surface area contributed by atoms with E-state index in [0.717, 1.165) is 83.3 Å². The molecule has 3 aliphatic carbocycles. The van der Waals surface area contributed by atoms with Crippen molar-refractivity contribution < 1.29 is 0 Å². The number of pyridine rings is 5. The van der Waals surface area contributed by atoms with Crippen LogP contribution in [0, 0.1) is 0 Å². The zero-order chi connectivity index (χ0) is 94.1. The smallest absolute Gasteiger partial charge is 0.0970 e. The summed E-state index contributed by atoms with van der Waals surface area (Å²) in [6.07, 6.45) is 7.49. The Morgan fingerprint density at radius 1 is 0.184 bits per heavy atom. The molecule has 6 aromatic heterocycles. The van der Waals surface area contributed by atoms with E-state index in [1.54, 1.807) is 0 Å². The van der Waals surface area contributed by atoms with Crippen LogP contribution < -0.4 is 0 Å². The molecule has 6 heterocycles. The molecule has 0 amide bonds. The van der Waals surface area contributed by atoms with Gasteiger partial charge in [0.2, 0.25) is 0 Å². The van der Waals surface area contributed by atoms with Crippen molar-refractivity contribution in [2.24, 2.45) is 0 Å². The first-order valence-corrected chi connectivity index (χ1v) is 48.8. The lowest BCUT2D eigenvalue weighted by Crippen LogP contribution is -2.17. The number of hydrogen-bond donors (Lipinski definition) is 0. The first-order valence-electron chi connectivity index (χ1n) is 48.8. The summed E-state index contributed by atoms with van der Waals surface area (Å²) in [4.78, 5) is 35.5. The minimum absolute atomic E-state index is 0.220. The fourth-order valence-corrected chi connectivity index (χ4v) is 24.3. The molecular weight excluding hydrogens is 1710 g/mol. The predicted octanol–water partition coefficient (Wildman–Crippen LogP) is 34.9. The van der Waals surface area contributed by atoms with Gasteiger partial charge in [0.1, 0.15) is 0 Å². The maximum absolute atomic E-state index is 5.44. The number of fused-ring (bicyclic) bond motifs is 25. The van der Waals surface area contributed by atoms with Crippen LogP contribution in [0.3, 0.4) is 0 Å². The van der Waals surface area contributed by atoms with Crippen LogP contribution in [-0.2, 0) is 16.2 Å². The zero-order valence-corrected chi connectivity index (χ0v) is 78.8. The summed E-state index contributed by atoms with van der Waals surface area (Å²) in [6, 6.07) is 151. The van der Waals surface area contributed by atoms with Crippen LogP contribution in [0.1, 0.15) is 74.9 Å². The molecule has 141 heavy (non-hydrogen) atoms. The van der Waals surface area contributed by atoms with Gasteiger partial charge in [-0.05, 0) is 212 Å². The van der Waals surface area contributed by atoms with Gasteiger partial charge >= 0.3 is 0 Å². The van der Waals surface area contributed by atoms with Gasteiger partial charge in [-0.15, -0.1) is 0 Å². The molecule has 0 aliphatic heterocycles. The number of nitrogens with zero attached hydrogens (tertiary/aromatic N) is 7. The van der Waals surface area contributed by atoms with E-state index in [9.17, 15) is 0 Å². The monoisotopic (exact) mass is 1800 g/mol. The Kier molecular flexibility index (Phi) is 18.9. The van der Waals surface area contributed by atoms with E-state index in [1.165, 1.54) is 203 Å². The summed E-state index contributed by atoms with van der Waals surface area (Å²) >= 11 is 0. The standard InChI is InChI=1S/C48H33N.C44H29N3.C42H29N3/c1-48(2)42-23-13-12-22-41(42)47-46(48)45(44-33-17-7-6-16-31(33)24-29-43(44)49-47)40-28-27-39(36-20-10-11-21-37(36)40)38-26-25-32(30-14-4-3-5-15-30)34-18-8-9-19-35(34)38;1-44(2)36-18-8-7-16-34(36)42-40(44)39(38-28-13-4-3-11-26(28)19-22-37(38)47-42)32-21-20-31(29-14-5-6-15-30(29)32)35-25-27-12-9-23-45-41(27)43-33(35)17-10-24-46-43;1-42(2)34-19-11-10-18-33(34)41-40(42)39(38-28-15-7-6-12-26(28)20-23-35(38)45-41)32-22-21-31(29-16-8-9-17-30(29)32)37-25-43-36(24-44-37)27-13-4-3-5-14-27/h3-29H,1-2H3;3-25H,1-2H3;3-25H,1-2H3. The summed E-state index contributed by atoms with van der Waals surface area (Å²) in [5.41, 5.74) is 37.9. The normalized spacial score (nSPS) is 13.3. The van der Waals surface area contributed by atoms with Gasteiger partial charge in [0.15, 0.2) is 0 Å².